The molecular formula is C18H27ClSn. The van der Waals surface area contributed by atoms with Crippen molar-refractivity contribution in [2.75, 3.05) is 0 Å². The topological polar surface area (TPSA) is 0 Å². The molecule has 0 radical (unpaired) electrons. The van der Waals surface area contributed by atoms with Crippen LogP contribution in [0.3, 0.4) is 0 Å². The summed E-state index contributed by atoms with van der Waals surface area (Å²) < 4.78 is 3.39. The molecule has 0 aliphatic heterocycles. The third kappa shape index (κ3) is 3.06. The van der Waals surface area contributed by atoms with E-state index in [1.54, 1.807) is 3.58 Å². The van der Waals surface area contributed by atoms with Crippen LogP contribution in [0.2, 0.25) is 7.87 Å². The Balaban J connectivity index is 1.92. The van der Waals surface area contributed by atoms with Gasteiger partial charge in [0.25, 0.3) is 0 Å². The van der Waals surface area contributed by atoms with Gasteiger partial charge in [-0.2, -0.15) is 0 Å². The fourth-order valence-electron chi connectivity index (χ4n) is 4.54. The molecule has 0 amide bonds. The molecule has 1 aromatic carbocycles. The first-order valence-electron chi connectivity index (χ1n) is 8.56. The Bertz CT molecular complexity index is 387. The van der Waals surface area contributed by atoms with Gasteiger partial charge >= 0.3 is 132 Å². The summed E-state index contributed by atoms with van der Waals surface area (Å²) in [6.45, 7) is 0. The van der Waals surface area contributed by atoms with Crippen molar-refractivity contribution in [3.05, 3.63) is 30.3 Å². The summed E-state index contributed by atoms with van der Waals surface area (Å²) in [5, 5.41) is 0. The van der Waals surface area contributed by atoms with E-state index in [0.29, 0.717) is 0 Å². The summed E-state index contributed by atoms with van der Waals surface area (Å²) in [7, 11) is 7.63. The molecule has 20 heavy (non-hydrogen) atoms. The molecule has 3 rings (SSSR count). The van der Waals surface area contributed by atoms with Crippen LogP contribution < -0.4 is 3.58 Å². The van der Waals surface area contributed by atoms with Crippen molar-refractivity contribution in [3.8, 4) is 0 Å². The minimum atomic E-state index is -2.75. The third-order valence-corrected chi connectivity index (χ3v) is 24.8. The van der Waals surface area contributed by atoms with Crippen LogP contribution >= 0.6 is 8.92 Å². The standard InChI is InChI=1S/2C6H11.C6H5.ClH.Sn/c3*1-2-4-6-5-3-1;;/h2*1H,2-6H2;1-5H;1H;/q;;;;+1/p-1. The van der Waals surface area contributed by atoms with Gasteiger partial charge in [0.15, 0.2) is 0 Å². The van der Waals surface area contributed by atoms with E-state index in [9.17, 15) is 0 Å². The van der Waals surface area contributed by atoms with Gasteiger partial charge in [0, 0.05) is 0 Å². The van der Waals surface area contributed by atoms with Gasteiger partial charge in [0.2, 0.25) is 0 Å². The van der Waals surface area contributed by atoms with Gasteiger partial charge < -0.3 is 0 Å². The molecule has 0 heterocycles. The van der Waals surface area contributed by atoms with Crippen LogP contribution in [0, 0.1) is 0 Å². The van der Waals surface area contributed by atoms with Crippen LogP contribution in [0.5, 0.6) is 0 Å². The van der Waals surface area contributed by atoms with Crippen LogP contribution in [0.1, 0.15) is 64.2 Å². The maximum atomic E-state index is 7.63. The van der Waals surface area contributed by atoms with E-state index in [1.165, 1.54) is 64.2 Å². The first-order chi connectivity index (χ1) is 9.82. The molecule has 2 fully saturated rings. The fourth-order valence-corrected chi connectivity index (χ4v) is 22.0. The van der Waals surface area contributed by atoms with Crippen molar-refractivity contribution in [3.63, 3.8) is 0 Å². The van der Waals surface area contributed by atoms with Crippen LogP contribution in [0.25, 0.3) is 0 Å². The quantitative estimate of drug-likeness (QED) is 0.570. The first-order valence-corrected chi connectivity index (χ1v) is 16.9. The Morgan fingerprint density at radius 2 is 1.15 bits per heavy atom. The molecule has 0 N–H and O–H groups in total. The minimum absolute atomic E-state index is 0.894. The summed E-state index contributed by atoms with van der Waals surface area (Å²) in [6.07, 6.45) is 14.3. The van der Waals surface area contributed by atoms with E-state index < -0.39 is 17.3 Å². The molecule has 2 aliphatic carbocycles. The van der Waals surface area contributed by atoms with Crippen molar-refractivity contribution >= 4 is 29.8 Å². The number of benzene rings is 1. The average Bonchev–Trinajstić information content (AvgIpc) is 2.56. The molecule has 0 spiro atoms. The Morgan fingerprint density at radius 3 is 1.60 bits per heavy atom. The van der Waals surface area contributed by atoms with E-state index in [-0.39, 0.29) is 0 Å². The SMILES string of the molecule is [Cl][Sn]([c]1ccccc1)([CH]1CCCCC1)[CH]1CCCCC1. The van der Waals surface area contributed by atoms with Gasteiger partial charge in [-0.3, -0.25) is 0 Å². The zero-order valence-corrected chi connectivity index (χ0v) is 16.1. The zero-order valence-electron chi connectivity index (χ0n) is 12.5. The molecule has 0 aromatic heterocycles. The van der Waals surface area contributed by atoms with Gasteiger partial charge in [-0.25, -0.2) is 0 Å². The molecule has 2 aliphatic rings. The molecule has 110 valence electrons. The van der Waals surface area contributed by atoms with E-state index in [1.807, 2.05) is 0 Å². The van der Waals surface area contributed by atoms with E-state index >= 15 is 0 Å². The second kappa shape index (κ2) is 7.05. The van der Waals surface area contributed by atoms with Crippen LogP contribution in [0.15, 0.2) is 30.3 Å². The summed E-state index contributed by atoms with van der Waals surface area (Å²) in [5.74, 6) is 0. The molecule has 2 heteroatoms. The maximum absolute atomic E-state index is 7.63. The third-order valence-electron chi connectivity index (χ3n) is 5.61. The van der Waals surface area contributed by atoms with Crippen molar-refractivity contribution < 1.29 is 0 Å². The Hall–Kier alpha value is 0.309. The zero-order chi connectivity index (χ0) is 13.8. The molecule has 2 saturated carbocycles. The predicted octanol–water partition coefficient (Wildman–Crippen LogP) is 5.75. The second-order valence-corrected chi connectivity index (χ2v) is 21.7. The normalized spacial score (nSPS) is 22.9. The summed E-state index contributed by atoms with van der Waals surface area (Å²) >= 11 is -2.75. The van der Waals surface area contributed by atoms with Crippen LogP contribution in [0.4, 0.5) is 0 Å². The van der Waals surface area contributed by atoms with Crippen molar-refractivity contribution in [2.45, 2.75) is 72.1 Å². The summed E-state index contributed by atoms with van der Waals surface area (Å²) in [6, 6.07) is 11.3. The summed E-state index contributed by atoms with van der Waals surface area (Å²) in [4.78, 5) is 0. The number of hydrogen-bond donors (Lipinski definition) is 0. The summed E-state index contributed by atoms with van der Waals surface area (Å²) in [5.41, 5.74) is 0. The second-order valence-electron chi connectivity index (χ2n) is 6.80. The monoisotopic (exact) mass is 398 g/mol. The van der Waals surface area contributed by atoms with Crippen molar-refractivity contribution in [2.24, 2.45) is 0 Å². The Kier molecular flexibility index (Phi) is 5.36. The predicted molar refractivity (Wildman–Crippen MR) is 91.4 cm³/mol. The molecule has 0 atom stereocenters. The number of halogens is 1. The molecule has 0 nitrogen and oxygen atoms in total. The van der Waals surface area contributed by atoms with Gasteiger partial charge in [0.1, 0.15) is 0 Å². The molecule has 1 aromatic rings. The number of hydrogen-bond acceptors (Lipinski definition) is 0. The Morgan fingerprint density at radius 1 is 0.700 bits per heavy atom. The van der Waals surface area contributed by atoms with Gasteiger partial charge in [-0.15, -0.1) is 0 Å². The van der Waals surface area contributed by atoms with Crippen LogP contribution in [-0.4, -0.2) is 17.3 Å². The van der Waals surface area contributed by atoms with E-state index in [0.717, 1.165) is 7.87 Å². The van der Waals surface area contributed by atoms with Crippen molar-refractivity contribution in [1.29, 1.82) is 0 Å². The number of rotatable bonds is 3. The van der Waals surface area contributed by atoms with Gasteiger partial charge in [-0.1, -0.05) is 0 Å². The van der Waals surface area contributed by atoms with E-state index in [4.69, 9.17) is 8.92 Å². The molecule has 0 unspecified atom stereocenters. The first kappa shape index (κ1) is 15.2. The fraction of sp³-hybridized carbons (Fsp3) is 0.667. The van der Waals surface area contributed by atoms with Gasteiger partial charge in [0.05, 0.1) is 0 Å². The van der Waals surface area contributed by atoms with Gasteiger partial charge in [-0.05, 0) is 0 Å². The molecule has 0 saturated heterocycles. The van der Waals surface area contributed by atoms with Crippen molar-refractivity contribution in [1.82, 2.24) is 0 Å². The molecular weight excluding hydrogens is 370 g/mol. The molecule has 0 bridgehead atoms. The van der Waals surface area contributed by atoms with E-state index in [2.05, 4.69) is 30.3 Å². The average molecular weight is 398 g/mol. The van der Waals surface area contributed by atoms with Crippen LogP contribution in [-0.2, 0) is 0 Å². The Labute approximate surface area is 131 Å².